The number of quaternary nitrogens is 2. The van der Waals surface area contributed by atoms with Crippen molar-refractivity contribution in [3.63, 3.8) is 0 Å². The van der Waals surface area contributed by atoms with Gasteiger partial charge in [0.1, 0.15) is 0 Å². The van der Waals surface area contributed by atoms with Gasteiger partial charge >= 0.3 is 0 Å². The average molecular weight is 343 g/mol. The summed E-state index contributed by atoms with van der Waals surface area (Å²) < 4.78 is 34.1. The molecule has 0 unspecified atom stereocenters. The van der Waals surface area contributed by atoms with Crippen molar-refractivity contribution in [2.75, 3.05) is 41.3 Å². The molecule has 0 atom stereocenters. The second-order valence-corrected chi connectivity index (χ2v) is 5.75. The van der Waals surface area contributed by atoms with Crippen LogP contribution >= 0.6 is 0 Å². The van der Waals surface area contributed by atoms with Crippen LogP contribution in [-0.2, 0) is 15.2 Å². The Morgan fingerprint density at radius 2 is 1.23 bits per heavy atom. The molecule has 0 aromatic heterocycles. The predicted octanol–water partition coefficient (Wildman–Crippen LogP) is -2.60. The standard InChI is InChI=1S/2C5H13N.C3H5NO.H2O4S/c2*1-4-5-6(2)3;1-2-3(4)5;1-5(2,3)4/h2*4-5H2,1-3H3;2H,1H2,(H2,4,5);(H2,1,2,3,4). The molecule has 0 bridgehead atoms. The summed E-state index contributed by atoms with van der Waals surface area (Å²) in [5, 5.41) is 0. The first kappa shape index (κ1) is 29.1. The lowest BCUT2D eigenvalue weighted by Crippen LogP contribution is -3.05. The molecule has 0 aliphatic rings. The lowest BCUT2D eigenvalue weighted by molar-refractivity contribution is -0.858. The van der Waals surface area contributed by atoms with Gasteiger partial charge in [0.2, 0.25) is 5.91 Å². The Morgan fingerprint density at radius 3 is 1.23 bits per heavy atom. The van der Waals surface area contributed by atoms with E-state index < -0.39 is 16.3 Å². The van der Waals surface area contributed by atoms with E-state index in [1.807, 2.05) is 0 Å². The highest BCUT2D eigenvalue weighted by Crippen LogP contribution is 1.59. The molecule has 0 saturated carbocycles. The number of nitrogens with two attached hydrogens (primary N) is 1. The molecule has 0 fully saturated rings. The topological polar surface area (TPSA) is 132 Å². The van der Waals surface area contributed by atoms with Crippen molar-refractivity contribution in [3.8, 4) is 0 Å². The Morgan fingerprint density at radius 1 is 1.05 bits per heavy atom. The van der Waals surface area contributed by atoms with Gasteiger partial charge in [0.15, 0.2) is 0 Å². The number of carbonyl (C=O) groups is 1. The molecule has 4 N–H and O–H groups in total. The maximum absolute atomic E-state index is 9.47. The predicted molar refractivity (Wildman–Crippen MR) is 85.8 cm³/mol. The van der Waals surface area contributed by atoms with Gasteiger partial charge in [-0.2, -0.15) is 0 Å². The Hall–Kier alpha value is -1.00. The fourth-order valence-corrected chi connectivity index (χ4v) is 1.000. The van der Waals surface area contributed by atoms with E-state index in [4.69, 9.17) is 17.5 Å². The van der Waals surface area contributed by atoms with Gasteiger partial charge in [-0.3, -0.25) is 13.2 Å². The number of primary amides is 1. The summed E-state index contributed by atoms with van der Waals surface area (Å²) in [6, 6.07) is 0. The first-order chi connectivity index (χ1) is 9.81. The normalized spacial score (nSPS) is 9.55. The maximum Gasteiger partial charge on any atom is 0.240 e. The first-order valence-corrected chi connectivity index (χ1v) is 8.31. The molecule has 0 aromatic rings. The van der Waals surface area contributed by atoms with E-state index in [1.165, 1.54) is 35.7 Å². The zero-order valence-electron chi connectivity index (χ0n) is 14.6. The van der Waals surface area contributed by atoms with Crippen molar-refractivity contribution in [1.82, 2.24) is 0 Å². The van der Waals surface area contributed by atoms with Gasteiger partial charge in [0, 0.05) is 10.4 Å². The molecule has 0 radical (unpaired) electrons. The summed E-state index contributed by atoms with van der Waals surface area (Å²) in [5.74, 6) is -0.481. The van der Waals surface area contributed by atoms with Gasteiger partial charge in [0.05, 0.1) is 41.3 Å². The zero-order valence-corrected chi connectivity index (χ0v) is 15.5. The van der Waals surface area contributed by atoms with Crippen LogP contribution in [0.5, 0.6) is 0 Å². The Balaban J connectivity index is -0.0000000986. The van der Waals surface area contributed by atoms with Crippen molar-refractivity contribution in [1.29, 1.82) is 0 Å². The molecule has 9 heteroatoms. The highest BCUT2D eigenvalue weighted by Gasteiger charge is 1.83. The number of nitrogens with one attached hydrogen (secondary N) is 2. The number of carbonyl (C=O) groups excluding carboxylic acids is 1. The number of rotatable bonds is 5. The number of amides is 1. The van der Waals surface area contributed by atoms with Crippen LogP contribution in [0, 0.1) is 0 Å². The van der Waals surface area contributed by atoms with Gasteiger partial charge in [-0.25, -0.2) is 0 Å². The van der Waals surface area contributed by atoms with E-state index in [1.54, 1.807) is 0 Å². The summed E-state index contributed by atoms with van der Waals surface area (Å²) in [6.45, 7) is 10.1. The Kier molecular flexibility index (Phi) is 26.4. The largest absolute Gasteiger partial charge is 0.759 e. The van der Waals surface area contributed by atoms with Crippen molar-refractivity contribution in [2.45, 2.75) is 26.7 Å². The molecule has 0 saturated heterocycles. The number of hydrogen-bond acceptors (Lipinski definition) is 5. The lowest BCUT2D eigenvalue weighted by atomic mass is 10.5. The van der Waals surface area contributed by atoms with Crippen LogP contribution in [0.15, 0.2) is 12.7 Å². The van der Waals surface area contributed by atoms with E-state index in [2.05, 4.69) is 54.4 Å². The molecule has 0 spiro atoms. The fourth-order valence-electron chi connectivity index (χ4n) is 1.000. The summed E-state index contributed by atoms with van der Waals surface area (Å²) in [4.78, 5) is 12.6. The maximum atomic E-state index is 9.47. The SMILES string of the molecule is C=CC(N)=O.CCC[NH+](C)C.CCC[NH+](C)C.O=S(=O)([O-])[O-]. The molecular weight excluding hydrogens is 310 g/mol. The van der Waals surface area contributed by atoms with Crippen LogP contribution in [0.25, 0.3) is 0 Å². The van der Waals surface area contributed by atoms with Gasteiger partial charge in [-0.1, -0.05) is 20.4 Å². The quantitative estimate of drug-likeness (QED) is 0.286. The molecule has 1 amide bonds. The summed E-state index contributed by atoms with van der Waals surface area (Å²) in [5.41, 5.74) is 4.53. The van der Waals surface area contributed by atoms with Crippen LogP contribution in [0.2, 0.25) is 0 Å². The number of hydrogen-bond donors (Lipinski definition) is 3. The van der Waals surface area contributed by atoms with Crippen molar-refractivity contribution in [2.24, 2.45) is 5.73 Å². The van der Waals surface area contributed by atoms with E-state index in [9.17, 15) is 4.79 Å². The van der Waals surface area contributed by atoms with Crippen molar-refractivity contribution < 1.29 is 32.1 Å². The average Bonchev–Trinajstić information content (AvgIpc) is 2.27. The van der Waals surface area contributed by atoms with Gasteiger partial charge in [-0.05, 0) is 18.9 Å². The van der Waals surface area contributed by atoms with Crippen LogP contribution in [0.4, 0.5) is 0 Å². The van der Waals surface area contributed by atoms with Crippen molar-refractivity contribution in [3.05, 3.63) is 12.7 Å². The van der Waals surface area contributed by atoms with Crippen LogP contribution < -0.4 is 15.5 Å². The second-order valence-electron chi connectivity index (χ2n) is 4.93. The minimum absolute atomic E-state index is 0.481. The van der Waals surface area contributed by atoms with Crippen LogP contribution in [0.1, 0.15) is 26.7 Å². The summed E-state index contributed by atoms with van der Waals surface area (Å²) in [6.07, 6.45) is 3.64. The summed E-state index contributed by atoms with van der Waals surface area (Å²) >= 11 is 0. The van der Waals surface area contributed by atoms with E-state index in [0.29, 0.717) is 0 Å². The van der Waals surface area contributed by atoms with E-state index >= 15 is 0 Å². The van der Waals surface area contributed by atoms with Crippen molar-refractivity contribution >= 4 is 16.3 Å². The highest BCUT2D eigenvalue weighted by atomic mass is 32.3. The fraction of sp³-hybridized carbons (Fsp3) is 0.769. The third-order valence-electron chi connectivity index (χ3n) is 1.70. The summed E-state index contributed by atoms with van der Waals surface area (Å²) in [7, 11) is 3.51. The van der Waals surface area contributed by atoms with Crippen LogP contribution in [-0.4, -0.2) is 64.7 Å². The van der Waals surface area contributed by atoms with E-state index in [-0.39, 0.29) is 0 Å². The van der Waals surface area contributed by atoms with Gasteiger partial charge in [0.25, 0.3) is 0 Å². The highest BCUT2D eigenvalue weighted by molar-refractivity contribution is 7.79. The molecule has 0 aliphatic heterocycles. The van der Waals surface area contributed by atoms with Gasteiger partial charge < -0.3 is 24.6 Å². The lowest BCUT2D eigenvalue weighted by Gasteiger charge is -2.06. The molecule has 0 aromatic carbocycles. The second kappa shape index (κ2) is 20.0. The molecule has 0 heterocycles. The third kappa shape index (κ3) is 126. The Bertz CT molecular complexity index is 326. The van der Waals surface area contributed by atoms with E-state index in [0.717, 1.165) is 6.08 Å². The minimum atomic E-state index is -5.17. The van der Waals surface area contributed by atoms with Gasteiger partial charge in [-0.15, -0.1) is 0 Å². The molecule has 0 aliphatic carbocycles. The smallest absolute Gasteiger partial charge is 0.240 e. The Labute approximate surface area is 135 Å². The molecule has 136 valence electrons. The minimum Gasteiger partial charge on any atom is -0.759 e. The monoisotopic (exact) mass is 343 g/mol. The molecule has 8 nitrogen and oxygen atoms in total. The molecular formula is C13H33N3O5S. The van der Waals surface area contributed by atoms with Crippen LogP contribution in [0.3, 0.4) is 0 Å². The zero-order chi connectivity index (χ0) is 18.8. The molecule has 22 heavy (non-hydrogen) atoms. The first-order valence-electron chi connectivity index (χ1n) is 6.98. The molecule has 0 rings (SSSR count). The third-order valence-corrected chi connectivity index (χ3v) is 1.70.